The van der Waals surface area contributed by atoms with E-state index in [0.29, 0.717) is 0 Å². The third-order valence-corrected chi connectivity index (χ3v) is 3.89. The lowest BCUT2D eigenvalue weighted by Gasteiger charge is -2.11. The van der Waals surface area contributed by atoms with Crippen molar-refractivity contribution in [1.82, 2.24) is 14.6 Å². The van der Waals surface area contributed by atoms with Gasteiger partial charge < -0.3 is 10.2 Å². The highest BCUT2D eigenvalue weighted by Crippen LogP contribution is 2.28. The molecule has 2 heterocycles. The molecule has 0 saturated heterocycles. The van der Waals surface area contributed by atoms with E-state index in [1.54, 1.807) is 0 Å². The Labute approximate surface area is 137 Å². The molecule has 0 aliphatic carbocycles. The largest absolute Gasteiger partial charge is 0.364 e. The molecule has 2 aromatic heterocycles. The van der Waals surface area contributed by atoms with Crippen molar-refractivity contribution in [3.63, 3.8) is 0 Å². The van der Waals surface area contributed by atoms with Crippen molar-refractivity contribution >= 4 is 11.5 Å². The molecule has 2 N–H and O–H groups in total. The molecule has 120 valence electrons. The third-order valence-electron chi connectivity index (χ3n) is 3.89. The number of benzene rings is 1. The molecule has 0 fully saturated rings. The molecular weight excluding hydrogens is 286 g/mol. The van der Waals surface area contributed by atoms with Gasteiger partial charge in [-0.25, -0.2) is 4.98 Å². The summed E-state index contributed by atoms with van der Waals surface area (Å²) in [6, 6.07) is 12.4. The summed E-state index contributed by atoms with van der Waals surface area (Å²) in [5, 5.41) is 8.20. The fourth-order valence-electron chi connectivity index (χ4n) is 2.75. The van der Waals surface area contributed by atoms with E-state index in [-0.39, 0.29) is 0 Å². The molecule has 0 saturated carbocycles. The first kappa shape index (κ1) is 15.5. The molecule has 1 aromatic carbocycles. The average Bonchev–Trinajstić information content (AvgIpc) is 2.84. The van der Waals surface area contributed by atoms with Crippen LogP contribution in [0, 0.1) is 13.8 Å². The fourth-order valence-corrected chi connectivity index (χ4v) is 2.75. The van der Waals surface area contributed by atoms with Crippen molar-refractivity contribution in [2.24, 2.45) is 0 Å². The third kappa shape index (κ3) is 3.19. The molecule has 3 rings (SSSR count). The molecule has 23 heavy (non-hydrogen) atoms. The molecule has 0 radical (unpaired) electrons. The predicted molar refractivity (Wildman–Crippen MR) is 94.1 cm³/mol. The monoisotopic (exact) mass is 310 g/mol. The van der Waals surface area contributed by atoms with Gasteiger partial charge in [0.25, 0.3) is 0 Å². The van der Waals surface area contributed by atoms with Crippen LogP contribution in [0.1, 0.15) is 11.4 Å². The summed E-state index contributed by atoms with van der Waals surface area (Å²) in [4.78, 5) is 6.15. The number of quaternary nitrogens is 1. The van der Waals surface area contributed by atoms with Crippen molar-refractivity contribution in [1.29, 1.82) is 0 Å². The Hall–Kier alpha value is -2.40. The first-order valence-electron chi connectivity index (χ1n) is 8.01. The summed E-state index contributed by atoms with van der Waals surface area (Å²) in [5.74, 6) is 0.999. The minimum Gasteiger partial charge on any atom is -0.364 e. The quantitative estimate of drug-likeness (QED) is 0.752. The van der Waals surface area contributed by atoms with Gasteiger partial charge in [-0.05, 0) is 19.4 Å². The predicted octanol–water partition coefficient (Wildman–Crippen LogP) is 1.57. The summed E-state index contributed by atoms with van der Waals surface area (Å²) in [6.45, 7) is 6.02. The standard InChI is InChI=1S/C18H23N5/c1-13-12-16(19-10-11-22(3)4)23-18(20-13)17(14(2)21-23)15-8-6-5-7-9-15/h5-9,12,19H,10-11H2,1-4H3/p+1. The smallest absolute Gasteiger partial charge is 0.165 e. The molecule has 0 spiro atoms. The minimum absolute atomic E-state index is 0.903. The second-order valence-corrected chi connectivity index (χ2v) is 6.23. The van der Waals surface area contributed by atoms with Gasteiger partial charge in [0.15, 0.2) is 5.65 Å². The molecule has 3 aromatic rings. The van der Waals surface area contributed by atoms with Gasteiger partial charge in [0.1, 0.15) is 5.82 Å². The van der Waals surface area contributed by atoms with E-state index >= 15 is 0 Å². The van der Waals surface area contributed by atoms with E-state index < -0.39 is 0 Å². The maximum Gasteiger partial charge on any atom is 0.165 e. The lowest BCUT2D eigenvalue weighted by molar-refractivity contribution is -0.856. The number of nitrogens with zero attached hydrogens (tertiary/aromatic N) is 3. The Morgan fingerprint density at radius 2 is 1.87 bits per heavy atom. The zero-order valence-electron chi connectivity index (χ0n) is 14.2. The Balaban J connectivity index is 2.07. The number of fused-ring (bicyclic) bond motifs is 1. The van der Waals surface area contributed by atoms with Crippen LogP contribution in [0.3, 0.4) is 0 Å². The second kappa shape index (κ2) is 6.38. The minimum atomic E-state index is 0.903. The Bertz CT molecular complexity index is 805. The van der Waals surface area contributed by atoms with Crippen LogP contribution < -0.4 is 10.2 Å². The van der Waals surface area contributed by atoms with E-state index in [0.717, 1.165) is 47.1 Å². The van der Waals surface area contributed by atoms with Crippen LogP contribution in [0.15, 0.2) is 36.4 Å². The van der Waals surface area contributed by atoms with Crippen molar-refractivity contribution in [3.05, 3.63) is 47.8 Å². The van der Waals surface area contributed by atoms with Crippen LogP contribution in [0.25, 0.3) is 16.8 Å². The maximum absolute atomic E-state index is 4.73. The van der Waals surface area contributed by atoms with Gasteiger partial charge in [-0.2, -0.15) is 9.61 Å². The highest BCUT2D eigenvalue weighted by Gasteiger charge is 2.15. The van der Waals surface area contributed by atoms with E-state index in [2.05, 4.69) is 37.6 Å². The number of rotatable bonds is 5. The van der Waals surface area contributed by atoms with E-state index in [4.69, 9.17) is 10.1 Å². The molecule has 5 heteroatoms. The molecule has 0 atom stereocenters. The van der Waals surface area contributed by atoms with Crippen LogP contribution in [-0.4, -0.2) is 41.8 Å². The van der Waals surface area contributed by atoms with Gasteiger partial charge in [-0.15, -0.1) is 0 Å². The number of likely N-dealkylation sites (N-methyl/N-ethyl adjacent to an activating group) is 1. The first-order valence-corrected chi connectivity index (χ1v) is 8.01. The molecule has 0 bridgehead atoms. The van der Waals surface area contributed by atoms with Crippen molar-refractivity contribution < 1.29 is 4.90 Å². The highest BCUT2D eigenvalue weighted by atomic mass is 15.3. The molecule has 5 nitrogen and oxygen atoms in total. The number of nitrogens with one attached hydrogen (secondary N) is 2. The number of aromatic nitrogens is 3. The SMILES string of the molecule is Cc1cc(NCC[NH+](C)C)n2nc(C)c(-c3ccccc3)c2n1. The van der Waals surface area contributed by atoms with Crippen LogP contribution in [0.2, 0.25) is 0 Å². The number of hydrogen-bond donors (Lipinski definition) is 2. The van der Waals surface area contributed by atoms with E-state index in [1.165, 1.54) is 4.90 Å². The number of hydrogen-bond acceptors (Lipinski definition) is 3. The summed E-state index contributed by atoms with van der Waals surface area (Å²) >= 11 is 0. The van der Waals surface area contributed by atoms with Crippen molar-refractivity contribution in [2.45, 2.75) is 13.8 Å². The molecule has 0 aliphatic rings. The van der Waals surface area contributed by atoms with Crippen molar-refractivity contribution in [3.8, 4) is 11.1 Å². The van der Waals surface area contributed by atoms with Crippen molar-refractivity contribution in [2.75, 3.05) is 32.5 Å². The maximum atomic E-state index is 4.73. The Kier molecular flexibility index (Phi) is 4.30. The van der Waals surface area contributed by atoms with Gasteiger partial charge >= 0.3 is 0 Å². The first-order chi connectivity index (χ1) is 11.1. The Morgan fingerprint density at radius 3 is 2.57 bits per heavy atom. The van der Waals surface area contributed by atoms with E-state index in [1.807, 2.05) is 36.6 Å². The zero-order chi connectivity index (χ0) is 16.4. The van der Waals surface area contributed by atoms with Crippen LogP contribution in [-0.2, 0) is 0 Å². The summed E-state index contributed by atoms with van der Waals surface area (Å²) in [6.07, 6.45) is 0. The normalized spacial score (nSPS) is 11.3. The molecule has 0 aliphatic heterocycles. The van der Waals surface area contributed by atoms with Gasteiger partial charge in [-0.1, -0.05) is 30.3 Å². The number of aryl methyl sites for hydroxylation is 2. The summed E-state index contributed by atoms with van der Waals surface area (Å²) in [5.41, 5.74) is 5.16. The van der Waals surface area contributed by atoms with Gasteiger partial charge in [-0.3, -0.25) is 0 Å². The van der Waals surface area contributed by atoms with Gasteiger partial charge in [0.2, 0.25) is 0 Å². The van der Waals surface area contributed by atoms with Crippen LogP contribution in [0.4, 0.5) is 5.82 Å². The van der Waals surface area contributed by atoms with E-state index in [9.17, 15) is 0 Å². The highest BCUT2D eigenvalue weighted by molar-refractivity contribution is 5.80. The second-order valence-electron chi connectivity index (χ2n) is 6.23. The van der Waals surface area contributed by atoms with Crippen LogP contribution in [0.5, 0.6) is 0 Å². The number of anilines is 1. The molecular formula is C18H24N5+. The summed E-state index contributed by atoms with van der Waals surface area (Å²) in [7, 11) is 4.31. The fraction of sp³-hybridized carbons (Fsp3) is 0.333. The molecule has 0 amide bonds. The van der Waals surface area contributed by atoms with Gasteiger partial charge in [0, 0.05) is 17.3 Å². The lowest BCUT2D eigenvalue weighted by Crippen LogP contribution is -3.06. The molecule has 0 unspecified atom stereocenters. The summed E-state index contributed by atoms with van der Waals surface area (Å²) < 4.78 is 1.93. The Morgan fingerprint density at radius 1 is 1.13 bits per heavy atom. The van der Waals surface area contributed by atoms with Crippen LogP contribution >= 0.6 is 0 Å². The topological polar surface area (TPSA) is 46.7 Å². The lowest BCUT2D eigenvalue weighted by atomic mass is 10.1. The van der Waals surface area contributed by atoms with Gasteiger partial charge in [0.05, 0.1) is 32.9 Å². The average molecular weight is 310 g/mol. The zero-order valence-corrected chi connectivity index (χ0v) is 14.2.